The van der Waals surface area contributed by atoms with Crippen molar-refractivity contribution in [2.75, 3.05) is 0 Å². The van der Waals surface area contributed by atoms with E-state index in [9.17, 15) is 4.79 Å². The molecular formula is C4H5O2Pb. The van der Waals surface area contributed by atoms with Gasteiger partial charge in [0.15, 0.2) is 0 Å². The fraction of sp³-hybridized carbons (Fsp3) is 0.250. The Balaban J connectivity index is 3.58. The third-order valence-corrected chi connectivity index (χ3v) is 1.47. The van der Waals surface area contributed by atoms with Crippen LogP contribution in [0.3, 0.4) is 0 Å². The number of carbonyl (C=O) groups is 1. The second-order valence-electron chi connectivity index (χ2n) is 1.08. The molecule has 0 spiro atoms. The van der Waals surface area contributed by atoms with Gasteiger partial charge in [0.05, 0.1) is 0 Å². The van der Waals surface area contributed by atoms with Gasteiger partial charge in [-0.3, -0.25) is 0 Å². The Labute approximate surface area is 58.9 Å². The van der Waals surface area contributed by atoms with Crippen LogP contribution in [-0.4, -0.2) is 32.0 Å². The summed E-state index contributed by atoms with van der Waals surface area (Å²) < 4.78 is 4.61. The average Bonchev–Trinajstić information content (AvgIpc) is 1.65. The summed E-state index contributed by atoms with van der Waals surface area (Å²) in [5, 5.41) is 0. The summed E-state index contributed by atoms with van der Waals surface area (Å²) in [4.78, 5) is 10.2. The van der Waals surface area contributed by atoms with Crippen molar-refractivity contribution in [1.29, 1.82) is 0 Å². The number of hydrogen-bond donors (Lipinski definition) is 0. The minimum atomic E-state index is -0.0880. The maximum absolute atomic E-state index is 10.2. The van der Waals surface area contributed by atoms with Gasteiger partial charge in [0.1, 0.15) is 0 Å². The molecule has 0 bridgehead atoms. The Morgan fingerprint density at radius 1 is 1.86 bits per heavy atom. The molecule has 7 heavy (non-hydrogen) atoms. The molecule has 2 nitrogen and oxygen atoms in total. The van der Waals surface area contributed by atoms with E-state index in [-0.39, 0.29) is 11.5 Å². The first kappa shape index (κ1) is 7.13. The van der Waals surface area contributed by atoms with Crippen molar-refractivity contribution < 1.29 is 7.48 Å². The number of hydrogen-bond acceptors (Lipinski definition) is 2. The van der Waals surface area contributed by atoms with Gasteiger partial charge in [0, 0.05) is 0 Å². The van der Waals surface area contributed by atoms with Crippen LogP contribution in [-0.2, 0) is 7.48 Å². The summed E-state index contributed by atoms with van der Waals surface area (Å²) in [5.41, 5.74) is 0. The normalized spacial score (nSPS) is 7.71. The third-order valence-electron chi connectivity index (χ3n) is 0.516. The van der Waals surface area contributed by atoms with E-state index in [0.29, 0.717) is 26.2 Å². The average molecular weight is 292 g/mol. The molecule has 0 amide bonds. The van der Waals surface area contributed by atoms with Crippen molar-refractivity contribution in [2.24, 2.45) is 0 Å². The van der Waals surface area contributed by atoms with Gasteiger partial charge in [-0.05, 0) is 0 Å². The molecule has 0 aliphatic rings. The van der Waals surface area contributed by atoms with E-state index in [1.807, 2.05) is 0 Å². The molecule has 0 fully saturated rings. The summed E-state index contributed by atoms with van der Waals surface area (Å²) >= 11 is 0.550. The second kappa shape index (κ2) is 3.18. The molecule has 0 heterocycles. The molecule has 0 aromatic carbocycles. The Kier molecular flexibility index (Phi) is 3.24. The molecule has 0 aliphatic heterocycles. The van der Waals surface area contributed by atoms with Crippen molar-refractivity contribution in [3.8, 4) is 0 Å². The monoisotopic (exact) mass is 293 g/mol. The second-order valence-corrected chi connectivity index (χ2v) is 1.87. The first-order valence-corrected chi connectivity index (χ1v) is 3.30. The van der Waals surface area contributed by atoms with Crippen molar-refractivity contribution in [3.05, 3.63) is 12.3 Å². The standard InChI is InChI=1S/C4H6O2.Pb/c1-3(5)4(2)6;/h5H,1H2,2H3;/q;+1/p-1. The van der Waals surface area contributed by atoms with Crippen molar-refractivity contribution >= 4 is 32.0 Å². The van der Waals surface area contributed by atoms with Crippen LogP contribution < -0.4 is 0 Å². The van der Waals surface area contributed by atoms with E-state index in [4.69, 9.17) is 0 Å². The fourth-order valence-electron chi connectivity index (χ4n) is 0.0719. The van der Waals surface area contributed by atoms with E-state index < -0.39 is 0 Å². The van der Waals surface area contributed by atoms with Crippen LogP contribution >= 0.6 is 0 Å². The van der Waals surface area contributed by atoms with Gasteiger partial charge in [-0.1, -0.05) is 0 Å². The van der Waals surface area contributed by atoms with E-state index in [1.54, 1.807) is 0 Å². The fourth-order valence-corrected chi connectivity index (χ4v) is 0.631. The zero-order chi connectivity index (χ0) is 5.86. The molecule has 0 aliphatic carbocycles. The zero-order valence-corrected chi connectivity index (χ0v) is 7.91. The van der Waals surface area contributed by atoms with Gasteiger partial charge in [-0.15, -0.1) is 0 Å². The zero-order valence-electron chi connectivity index (χ0n) is 4.02. The molecule has 3 heteroatoms. The number of carbonyl (C=O) groups excluding carboxylic acids is 1. The number of allylic oxidation sites excluding steroid dienone is 1. The number of rotatable bonds is 2. The van der Waals surface area contributed by atoms with E-state index >= 15 is 0 Å². The molecule has 3 radical (unpaired) electrons. The molecule has 0 aromatic rings. The summed E-state index contributed by atoms with van der Waals surface area (Å²) in [6, 6.07) is 0. The van der Waals surface area contributed by atoms with Gasteiger partial charge >= 0.3 is 58.7 Å². The molecular weight excluding hydrogens is 287 g/mol. The molecule has 0 N–H and O–H groups in total. The van der Waals surface area contributed by atoms with Gasteiger partial charge in [-0.2, -0.15) is 0 Å². The van der Waals surface area contributed by atoms with Crippen LogP contribution in [0.2, 0.25) is 0 Å². The Bertz CT molecular complexity index is 97.9. The van der Waals surface area contributed by atoms with Crippen LogP contribution in [0.4, 0.5) is 0 Å². The molecule has 0 aromatic heterocycles. The summed E-state index contributed by atoms with van der Waals surface area (Å²) in [6.07, 6.45) is 0. The van der Waals surface area contributed by atoms with Gasteiger partial charge in [-0.25, -0.2) is 0 Å². The van der Waals surface area contributed by atoms with Crippen LogP contribution in [0.15, 0.2) is 12.3 Å². The predicted octanol–water partition coefficient (Wildman–Crippen LogP) is 0.189. The summed E-state index contributed by atoms with van der Waals surface area (Å²) in [6.45, 7) is 4.77. The van der Waals surface area contributed by atoms with Crippen molar-refractivity contribution in [2.45, 2.75) is 6.92 Å². The quantitative estimate of drug-likeness (QED) is 0.413. The van der Waals surface area contributed by atoms with Crippen molar-refractivity contribution in [1.82, 2.24) is 0 Å². The van der Waals surface area contributed by atoms with Gasteiger partial charge in [0.2, 0.25) is 0 Å². The van der Waals surface area contributed by atoms with E-state index in [0.717, 1.165) is 0 Å². The summed E-state index contributed by atoms with van der Waals surface area (Å²) in [5.74, 6) is 0.182. The number of Topliss-reactive ketones (excluding diaryl/α,β-unsaturated/α-hetero) is 1. The maximum atomic E-state index is 10.2. The van der Waals surface area contributed by atoms with Crippen LogP contribution in [0.1, 0.15) is 6.92 Å². The molecule has 0 saturated carbocycles. The van der Waals surface area contributed by atoms with E-state index in [1.165, 1.54) is 6.92 Å². The summed E-state index contributed by atoms with van der Waals surface area (Å²) in [7, 11) is 0. The minimum absolute atomic E-state index is 0.0880. The molecule has 0 unspecified atom stereocenters. The Hall–Kier alpha value is 0.132. The predicted molar refractivity (Wildman–Crippen MR) is 26.7 cm³/mol. The Morgan fingerprint density at radius 3 is 2.29 bits per heavy atom. The molecule has 37 valence electrons. The topological polar surface area (TPSA) is 26.3 Å². The van der Waals surface area contributed by atoms with Crippen LogP contribution in [0, 0.1) is 0 Å². The number of ketones is 1. The molecule has 0 atom stereocenters. The van der Waals surface area contributed by atoms with E-state index in [2.05, 4.69) is 9.27 Å². The molecule has 0 rings (SSSR count). The SMILES string of the molecule is C=C([O][Pb])C(C)=O. The van der Waals surface area contributed by atoms with Gasteiger partial charge in [0.25, 0.3) is 0 Å². The van der Waals surface area contributed by atoms with Crippen LogP contribution in [0.5, 0.6) is 0 Å². The third kappa shape index (κ3) is 2.78. The van der Waals surface area contributed by atoms with Gasteiger partial charge < -0.3 is 0 Å². The Morgan fingerprint density at radius 2 is 2.29 bits per heavy atom. The first-order chi connectivity index (χ1) is 3.18. The molecule has 0 saturated heterocycles. The van der Waals surface area contributed by atoms with Crippen molar-refractivity contribution in [3.63, 3.8) is 0 Å². The van der Waals surface area contributed by atoms with Crippen LogP contribution in [0.25, 0.3) is 0 Å². The first-order valence-electron chi connectivity index (χ1n) is 1.72.